The molecule has 0 N–H and O–H groups in total. The zero-order valence-electron chi connectivity index (χ0n) is 18.7. The summed E-state index contributed by atoms with van der Waals surface area (Å²) in [5, 5.41) is 1.30. The molecule has 0 radical (unpaired) electrons. The lowest BCUT2D eigenvalue weighted by molar-refractivity contribution is 0.0189. The molecule has 3 heterocycles. The van der Waals surface area contributed by atoms with Crippen molar-refractivity contribution in [2.45, 2.75) is 51.2 Å². The minimum absolute atomic E-state index is 0.199. The largest absolute Gasteiger partial charge is 0.491 e. The summed E-state index contributed by atoms with van der Waals surface area (Å²) in [5.41, 5.74) is 3.76. The highest BCUT2D eigenvalue weighted by molar-refractivity contribution is 6.35. The molecule has 1 saturated heterocycles. The molecule has 2 aromatic rings. The van der Waals surface area contributed by atoms with Gasteiger partial charge in [0.2, 0.25) is 0 Å². The molecule has 0 unspecified atom stereocenters. The van der Waals surface area contributed by atoms with E-state index in [2.05, 4.69) is 17.0 Å². The highest BCUT2D eigenvalue weighted by Crippen LogP contribution is 2.52. The van der Waals surface area contributed by atoms with Crippen molar-refractivity contribution in [2.24, 2.45) is 0 Å². The van der Waals surface area contributed by atoms with Gasteiger partial charge in [-0.25, -0.2) is 4.79 Å². The van der Waals surface area contributed by atoms with E-state index < -0.39 is 5.60 Å². The quantitative estimate of drug-likeness (QED) is 0.482. The number of amides is 1. The van der Waals surface area contributed by atoms with Gasteiger partial charge >= 0.3 is 6.09 Å². The molecule has 0 aromatic heterocycles. The third-order valence-corrected chi connectivity index (χ3v) is 7.02. The number of benzene rings is 2. The van der Waals surface area contributed by atoms with Crippen molar-refractivity contribution in [1.82, 2.24) is 4.90 Å². The zero-order valence-corrected chi connectivity index (χ0v) is 20.2. The second kappa shape index (κ2) is 8.03. The molecule has 0 aliphatic carbocycles. The number of hydrogen-bond donors (Lipinski definition) is 0. The monoisotopic (exact) mass is 474 g/mol. The average Bonchev–Trinajstić information content (AvgIpc) is 2.88. The Hall–Kier alpha value is -2.11. The maximum Gasteiger partial charge on any atom is 0.410 e. The van der Waals surface area contributed by atoms with Gasteiger partial charge in [-0.15, -0.1) is 0 Å². The van der Waals surface area contributed by atoms with Gasteiger partial charge in [0.05, 0.1) is 12.3 Å². The van der Waals surface area contributed by atoms with Gasteiger partial charge in [0, 0.05) is 47.2 Å². The maximum atomic E-state index is 12.8. The third kappa shape index (κ3) is 3.90. The van der Waals surface area contributed by atoms with Gasteiger partial charge in [0.15, 0.2) is 0 Å². The second-order valence-corrected chi connectivity index (χ2v) is 10.7. The predicted molar refractivity (Wildman–Crippen MR) is 128 cm³/mol. The van der Waals surface area contributed by atoms with E-state index in [0.29, 0.717) is 35.8 Å². The molecule has 170 valence electrons. The van der Waals surface area contributed by atoms with E-state index in [1.54, 1.807) is 6.07 Å². The van der Waals surface area contributed by atoms with Crippen molar-refractivity contribution < 1.29 is 14.3 Å². The standard InChI is InChI=1S/C25H28Cl2N2O3/c1-25(2,3)32-24(30)28-9-7-21-19(14-28)18-11-15(17-13-16(26)5-6-20(17)27)12-22-23(18)29(21)8-4-10-31-22/h5-6,11-13,19,21H,4,7-10,14H2,1-3H3/t19-,21-/m0/s1. The minimum Gasteiger partial charge on any atom is -0.491 e. The summed E-state index contributed by atoms with van der Waals surface area (Å²) in [7, 11) is 0. The number of nitrogens with zero attached hydrogens (tertiary/aromatic N) is 2. The number of fused-ring (bicyclic) bond motifs is 3. The summed E-state index contributed by atoms with van der Waals surface area (Å²) in [4.78, 5) is 17.2. The Bertz CT molecular complexity index is 1070. The maximum absolute atomic E-state index is 12.8. The molecule has 1 fully saturated rings. The number of halogens is 2. The number of anilines is 1. The average molecular weight is 475 g/mol. The first kappa shape index (κ1) is 21.7. The lowest BCUT2D eigenvalue weighted by atomic mass is 9.87. The molecular weight excluding hydrogens is 447 g/mol. The Labute approximate surface area is 199 Å². The molecule has 2 atom stereocenters. The van der Waals surface area contributed by atoms with E-state index >= 15 is 0 Å². The smallest absolute Gasteiger partial charge is 0.410 e. The molecule has 3 aliphatic rings. The fourth-order valence-electron chi connectivity index (χ4n) is 5.17. The van der Waals surface area contributed by atoms with Gasteiger partial charge < -0.3 is 19.3 Å². The summed E-state index contributed by atoms with van der Waals surface area (Å²) in [6.45, 7) is 8.70. The van der Waals surface area contributed by atoms with Crippen molar-refractivity contribution in [3.05, 3.63) is 45.9 Å². The number of hydrogen-bond acceptors (Lipinski definition) is 4. The van der Waals surface area contributed by atoms with E-state index in [9.17, 15) is 4.79 Å². The Morgan fingerprint density at radius 3 is 2.75 bits per heavy atom. The summed E-state index contributed by atoms with van der Waals surface area (Å²) in [6, 6.07) is 10.2. The number of carbonyl (C=O) groups is 1. The van der Waals surface area contributed by atoms with E-state index in [0.717, 1.165) is 36.3 Å². The molecule has 2 aromatic carbocycles. The highest BCUT2D eigenvalue weighted by atomic mass is 35.5. The second-order valence-electron chi connectivity index (χ2n) is 9.82. The van der Waals surface area contributed by atoms with Crippen LogP contribution in [0.15, 0.2) is 30.3 Å². The molecule has 0 bridgehead atoms. The number of piperidine rings is 1. The number of carbonyl (C=O) groups excluding carboxylic acids is 1. The topological polar surface area (TPSA) is 42.0 Å². The first-order valence-electron chi connectivity index (χ1n) is 11.2. The minimum atomic E-state index is -0.508. The lowest BCUT2D eigenvalue weighted by Crippen LogP contribution is -2.49. The Balaban J connectivity index is 1.56. The van der Waals surface area contributed by atoms with Crippen LogP contribution in [-0.2, 0) is 4.74 Å². The van der Waals surface area contributed by atoms with Gasteiger partial charge in [-0.2, -0.15) is 0 Å². The van der Waals surface area contributed by atoms with Gasteiger partial charge in [-0.1, -0.05) is 23.2 Å². The van der Waals surface area contributed by atoms with E-state index in [-0.39, 0.29) is 12.0 Å². The van der Waals surface area contributed by atoms with Crippen LogP contribution in [0.4, 0.5) is 10.5 Å². The summed E-state index contributed by atoms with van der Waals surface area (Å²) < 4.78 is 11.9. The van der Waals surface area contributed by atoms with Crippen LogP contribution in [-0.4, -0.2) is 48.9 Å². The molecule has 5 rings (SSSR count). The third-order valence-electron chi connectivity index (χ3n) is 6.46. The van der Waals surface area contributed by atoms with Crippen LogP contribution in [0, 0.1) is 0 Å². The van der Waals surface area contributed by atoms with Crippen LogP contribution in [0.2, 0.25) is 10.0 Å². The van der Waals surface area contributed by atoms with Gasteiger partial charge in [0.1, 0.15) is 11.4 Å². The first-order valence-corrected chi connectivity index (χ1v) is 12.0. The van der Waals surface area contributed by atoms with Crippen LogP contribution < -0.4 is 9.64 Å². The van der Waals surface area contributed by atoms with Crippen molar-refractivity contribution >= 4 is 35.0 Å². The fraction of sp³-hybridized carbons (Fsp3) is 0.480. The number of likely N-dealkylation sites (tertiary alicyclic amines) is 1. The van der Waals surface area contributed by atoms with Crippen LogP contribution >= 0.6 is 23.2 Å². The van der Waals surface area contributed by atoms with Crippen LogP contribution in [0.5, 0.6) is 5.75 Å². The van der Waals surface area contributed by atoms with E-state index in [4.69, 9.17) is 32.7 Å². The van der Waals surface area contributed by atoms with E-state index in [1.807, 2.05) is 37.8 Å². The van der Waals surface area contributed by atoms with Crippen molar-refractivity contribution in [3.63, 3.8) is 0 Å². The predicted octanol–water partition coefficient (Wildman–Crippen LogP) is 6.36. The molecule has 1 amide bonds. The van der Waals surface area contributed by atoms with Gasteiger partial charge in [-0.05, 0) is 75.1 Å². The fourth-order valence-corrected chi connectivity index (χ4v) is 5.57. The molecule has 5 nitrogen and oxygen atoms in total. The molecule has 32 heavy (non-hydrogen) atoms. The summed E-state index contributed by atoms with van der Waals surface area (Å²) >= 11 is 12.8. The van der Waals surface area contributed by atoms with E-state index in [1.165, 1.54) is 11.3 Å². The lowest BCUT2D eigenvalue weighted by Gasteiger charge is -2.39. The zero-order chi connectivity index (χ0) is 22.6. The normalized spacial score (nSPS) is 22.0. The molecule has 3 aliphatic heterocycles. The van der Waals surface area contributed by atoms with Crippen LogP contribution in [0.1, 0.15) is 45.1 Å². The molecule has 7 heteroatoms. The van der Waals surface area contributed by atoms with Crippen molar-refractivity contribution in [3.8, 4) is 16.9 Å². The SMILES string of the molecule is CC(C)(C)OC(=O)N1CC[C@H]2[C@@H](C1)c1cc(-c3cc(Cl)ccc3Cl)cc3c1N2CCCO3. The first-order chi connectivity index (χ1) is 15.2. The Morgan fingerprint density at radius 2 is 1.97 bits per heavy atom. The Kier molecular flexibility index (Phi) is 5.45. The van der Waals surface area contributed by atoms with Gasteiger partial charge in [-0.3, -0.25) is 0 Å². The molecule has 0 spiro atoms. The Morgan fingerprint density at radius 1 is 1.16 bits per heavy atom. The number of ether oxygens (including phenoxy) is 2. The molecule has 0 saturated carbocycles. The summed E-state index contributed by atoms with van der Waals surface area (Å²) in [6.07, 6.45) is 1.64. The van der Waals surface area contributed by atoms with Crippen LogP contribution in [0.25, 0.3) is 11.1 Å². The van der Waals surface area contributed by atoms with Gasteiger partial charge in [0.25, 0.3) is 0 Å². The van der Waals surface area contributed by atoms with Crippen LogP contribution in [0.3, 0.4) is 0 Å². The summed E-state index contributed by atoms with van der Waals surface area (Å²) in [5.74, 6) is 1.09. The van der Waals surface area contributed by atoms with Crippen molar-refractivity contribution in [1.29, 1.82) is 0 Å². The number of rotatable bonds is 1. The highest BCUT2D eigenvalue weighted by Gasteiger charge is 2.45. The molecular formula is C25H28Cl2N2O3. The van der Waals surface area contributed by atoms with Crippen molar-refractivity contribution in [2.75, 3.05) is 31.1 Å².